The van der Waals surface area contributed by atoms with Crippen molar-refractivity contribution in [3.63, 3.8) is 0 Å². The molecule has 0 fully saturated rings. The van der Waals surface area contributed by atoms with Crippen LogP contribution < -0.4 is 10.6 Å². The average Bonchev–Trinajstić information content (AvgIpc) is 2.70. The van der Waals surface area contributed by atoms with Crippen LogP contribution in [-0.4, -0.2) is 12.5 Å². The molecular weight excluding hydrogens is 320 g/mol. The second-order valence-electron chi connectivity index (χ2n) is 6.34. The Balaban J connectivity index is 1.65. The highest BCUT2D eigenvalue weighted by Crippen LogP contribution is 2.21. The molecule has 0 saturated heterocycles. The molecule has 0 aliphatic rings. The van der Waals surface area contributed by atoms with Gasteiger partial charge in [-0.3, -0.25) is 10.1 Å². The fourth-order valence-electron chi connectivity index (χ4n) is 3.03. The first-order valence-corrected chi connectivity index (χ1v) is 8.91. The molecule has 3 nitrogen and oxygen atoms in total. The lowest BCUT2D eigenvalue weighted by Crippen LogP contribution is -2.37. The van der Waals surface area contributed by atoms with E-state index in [0.717, 1.165) is 16.7 Å². The van der Waals surface area contributed by atoms with Crippen molar-refractivity contribution in [2.24, 2.45) is 0 Å². The third kappa shape index (κ3) is 4.80. The maximum Gasteiger partial charge on any atom is 0.234 e. The smallest absolute Gasteiger partial charge is 0.234 e. The van der Waals surface area contributed by atoms with E-state index in [1.807, 2.05) is 73.7 Å². The van der Waals surface area contributed by atoms with E-state index in [4.69, 9.17) is 0 Å². The maximum atomic E-state index is 12.4. The van der Waals surface area contributed by atoms with Crippen molar-refractivity contribution >= 4 is 5.91 Å². The molecule has 3 aromatic carbocycles. The molecular formula is C23H24N2O. The molecule has 0 radical (unpaired) electrons. The molecule has 0 aliphatic heterocycles. The summed E-state index contributed by atoms with van der Waals surface area (Å²) in [4.78, 5) is 12.4. The predicted octanol–water partition coefficient (Wildman–Crippen LogP) is 4.24. The Morgan fingerprint density at radius 2 is 1.15 bits per heavy atom. The summed E-state index contributed by atoms with van der Waals surface area (Å²) in [6.45, 7) is 2.25. The van der Waals surface area contributed by atoms with Gasteiger partial charge in [0.25, 0.3) is 0 Å². The molecule has 0 saturated carbocycles. The van der Waals surface area contributed by atoms with E-state index >= 15 is 0 Å². The van der Waals surface area contributed by atoms with Gasteiger partial charge in [0.15, 0.2) is 0 Å². The molecule has 1 atom stereocenters. The number of hydrogen-bond acceptors (Lipinski definition) is 2. The number of hydrogen-bond donors (Lipinski definition) is 2. The van der Waals surface area contributed by atoms with Gasteiger partial charge in [0.05, 0.1) is 18.6 Å². The molecule has 132 valence electrons. The van der Waals surface area contributed by atoms with Gasteiger partial charge in [0.1, 0.15) is 0 Å². The molecule has 0 unspecified atom stereocenters. The van der Waals surface area contributed by atoms with E-state index in [9.17, 15) is 4.79 Å². The van der Waals surface area contributed by atoms with Crippen LogP contribution in [-0.2, 0) is 4.79 Å². The molecule has 0 aromatic heterocycles. The summed E-state index contributed by atoms with van der Waals surface area (Å²) in [5, 5.41) is 6.45. The molecule has 0 bridgehead atoms. The van der Waals surface area contributed by atoms with Crippen molar-refractivity contribution in [3.05, 3.63) is 108 Å². The third-order valence-electron chi connectivity index (χ3n) is 4.41. The van der Waals surface area contributed by atoms with E-state index in [1.165, 1.54) is 0 Å². The summed E-state index contributed by atoms with van der Waals surface area (Å²) in [5.41, 5.74) is 3.38. The molecule has 2 N–H and O–H groups in total. The molecule has 0 heterocycles. The first kappa shape index (κ1) is 17.9. The quantitative estimate of drug-likeness (QED) is 0.673. The minimum Gasteiger partial charge on any atom is -0.348 e. The minimum atomic E-state index is -0.0184. The lowest BCUT2D eigenvalue weighted by molar-refractivity contribution is -0.121. The summed E-state index contributed by atoms with van der Waals surface area (Å²) < 4.78 is 0. The van der Waals surface area contributed by atoms with Crippen LogP contribution in [0, 0.1) is 0 Å². The third-order valence-corrected chi connectivity index (χ3v) is 4.41. The van der Waals surface area contributed by atoms with E-state index in [1.54, 1.807) is 0 Å². The molecule has 26 heavy (non-hydrogen) atoms. The Morgan fingerprint density at radius 3 is 1.62 bits per heavy atom. The van der Waals surface area contributed by atoms with Crippen LogP contribution in [0.25, 0.3) is 0 Å². The van der Waals surface area contributed by atoms with Crippen LogP contribution in [0.3, 0.4) is 0 Å². The number of rotatable bonds is 7. The molecule has 1 amide bonds. The first-order chi connectivity index (χ1) is 12.7. The van der Waals surface area contributed by atoms with Crippen molar-refractivity contribution in [2.45, 2.75) is 19.0 Å². The van der Waals surface area contributed by atoms with Crippen molar-refractivity contribution in [2.75, 3.05) is 6.54 Å². The largest absolute Gasteiger partial charge is 0.348 e. The number of carbonyl (C=O) groups is 1. The zero-order chi connectivity index (χ0) is 18.2. The minimum absolute atomic E-state index is 0.0155. The van der Waals surface area contributed by atoms with Crippen molar-refractivity contribution < 1.29 is 4.79 Å². The van der Waals surface area contributed by atoms with Gasteiger partial charge in [-0.1, -0.05) is 91.0 Å². The van der Waals surface area contributed by atoms with E-state index < -0.39 is 0 Å². The average molecular weight is 344 g/mol. The number of benzene rings is 3. The number of nitrogens with one attached hydrogen (secondary N) is 2. The van der Waals surface area contributed by atoms with Crippen LogP contribution in [0.1, 0.15) is 35.7 Å². The zero-order valence-electron chi connectivity index (χ0n) is 14.9. The van der Waals surface area contributed by atoms with Crippen LogP contribution >= 0.6 is 0 Å². The van der Waals surface area contributed by atoms with E-state index in [2.05, 4.69) is 34.9 Å². The molecule has 3 heteroatoms. The predicted molar refractivity (Wildman–Crippen MR) is 106 cm³/mol. The van der Waals surface area contributed by atoms with Gasteiger partial charge in [-0.25, -0.2) is 0 Å². The van der Waals surface area contributed by atoms with Crippen molar-refractivity contribution in [1.29, 1.82) is 0 Å². The van der Waals surface area contributed by atoms with Crippen LogP contribution in [0.2, 0.25) is 0 Å². The maximum absolute atomic E-state index is 12.4. The van der Waals surface area contributed by atoms with Gasteiger partial charge >= 0.3 is 0 Å². The van der Waals surface area contributed by atoms with Gasteiger partial charge < -0.3 is 5.32 Å². The molecule has 0 spiro atoms. The fourth-order valence-corrected chi connectivity index (χ4v) is 3.03. The fraction of sp³-hybridized carbons (Fsp3) is 0.174. The lowest BCUT2D eigenvalue weighted by atomic mass is 9.99. The Kier molecular flexibility index (Phi) is 6.18. The van der Waals surface area contributed by atoms with Crippen LogP contribution in [0.4, 0.5) is 0 Å². The lowest BCUT2D eigenvalue weighted by Gasteiger charge is -2.21. The summed E-state index contributed by atoms with van der Waals surface area (Å²) in [7, 11) is 0. The van der Waals surface area contributed by atoms with Gasteiger partial charge in [0.2, 0.25) is 5.91 Å². The zero-order valence-corrected chi connectivity index (χ0v) is 14.9. The van der Waals surface area contributed by atoms with Gasteiger partial charge in [-0.15, -0.1) is 0 Å². The standard InChI is InChI=1S/C23H24N2O/c1-18(19-11-5-2-6-12-19)25-22(26)17-24-23(20-13-7-3-8-14-20)21-15-9-4-10-16-21/h2-16,18,23-24H,17H2,1H3,(H,25,26)/t18-/m0/s1. The monoisotopic (exact) mass is 344 g/mol. The number of amides is 1. The van der Waals surface area contributed by atoms with E-state index in [-0.39, 0.29) is 24.5 Å². The first-order valence-electron chi connectivity index (χ1n) is 8.91. The molecule has 0 aliphatic carbocycles. The highest BCUT2D eigenvalue weighted by molar-refractivity contribution is 5.78. The van der Waals surface area contributed by atoms with Crippen LogP contribution in [0.15, 0.2) is 91.0 Å². The number of carbonyl (C=O) groups excluding carboxylic acids is 1. The summed E-state index contributed by atoms with van der Waals surface area (Å²) in [6, 6.07) is 30.3. The Labute approximate surface area is 155 Å². The van der Waals surface area contributed by atoms with E-state index in [0.29, 0.717) is 0 Å². The van der Waals surface area contributed by atoms with Gasteiger partial charge in [0, 0.05) is 0 Å². The Bertz CT molecular complexity index is 764. The topological polar surface area (TPSA) is 41.1 Å². The highest BCUT2D eigenvalue weighted by atomic mass is 16.1. The Morgan fingerprint density at radius 1 is 0.731 bits per heavy atom. The Hall–Kier alpha value is -2.91. The second kappa shape index (κ2) is 8.97. The van der Waals surface area contributed by atoms with Gasteiger partial charge in [-0.2, -0.15) is 0 Å². The molecule has 3 rings (SSSR count). The SMILES string of the molecule is C[C@H](NC(=O)CNC(c1ccccc1)c1ccccc1)c1ccccc1. The second-order valence-corrected chi connectivity index (χ2v) is 6.34. The summed E-state index contributed by atoms with van der Waals surface area (Å²) in [5.74, 6) is -0.0155. The molecule has 3 aromatic rings. The van der Waals surface area contributed by atoms with Crippen molar-refractivity contribution in [3.8, 4) is 0 Å². The summed E-state index contributed by atoms with van der Waals surface area (Å²) in [6.07, 6.45) is 0. The highest BCUT2D eigenvalue weighted by Gasteiger charge is 2.15. The van der Waals surface area contributed by atoms with Gasteiger partial charge in [-0.05, 0) is 23.6 Å². The van der Waals surface area contributed by atoms with Crippen LogP contribution in [0.5, 0.6) is 0 Å². The summed E-state index contributed by atoms with van der Waals surface area (Å²) >= 11 is 0. The van der Waals surface area contributed by atoms with Crippen molar-refractivity contribution in [1.82, 2.24) is 10.6 Å². The normalized spacial score (nSPS) is 11.9.